The summed E-state index contributed by atoms with van der Waals surface area (Å²) < 4.78 is 0. The number of carboxylic acids is 1. The molecule has 0 saturated heterocycles. The van der Waals surface area contributed by atoms with Crippen LogP contribution in [-0.2, 0) is 11.2 Å². The second-order valence-electron chi connectivity index (χ2n) is 5.81. The molecule has 4 nitrogen and oxygen atoms in total. The van der Waals surface area contributed by atoms with Crippen LogP contribution in [0.1, 0.15) is 31.7 Å². The molecule has 2 heterocycles. The number of carbonyl (C=O) groups is 1. The van der Waals surface area contributed by atoms with Gasteiger partial charge in [-0.1, -0.05) is 49.9 Å². The van der Waals surface area contributed by atoms with Crippen LogP contribution in [0, 0.1) is 6.92 Å². The van der Waals surface area contributed by atoms with Crippen molar-refractivity contribution in [2.24, 2.45) is 0 Å². The van der Waals surface area contributed by atoms with Crippen molar-refractivity contribution in [2.45, 2.75) is 43.9 Å². The van der Waals surface area contributed by atoms with Crippen molar-refractivity contribution in [3.8, 4) is 11.1 Å². The monoisotopic (exact) mass is 372 g/mol. The summed E-state index contributed by atoms with van der Waals surface area (Å²) in [6.45, 7) is 5.87. The normalized spacial score (nSPS) is 12.4. The number of nitrogens with zero attached hydrogens (tertiary/aromatic N) is 2. The predicted octanol–water partition coefficient (Wildman–Crippen LogP) is 5.18. The van der Waals surface area contributed by atoms with Crippen molar-refractivity contribution >= 4 is 39.3 Å². The van der Waals surface area contributed by atoms with Gasteiger partial charge < -0.3 is 5.11 Å². The Labute approximate surface area is 155 Å². The molecule has 2 aromatic heterocycles. The van der Waals surface area contributed by atoms with E-state index in [-0.39, 0.29) is 0 Å². The van der Waals surface area contributed by atoms with E-state index in [1.165, 1.54) is 17.3 Å². The lowest BCUT2D eigenvalue weighted by Crippen LogP contribution is -2.15. The molecular weight excluding hydrogens is 352 g/mol. The highest BCUT2D eigenvalue weighted by atomic mass is 32.2. The predicted molar refractivity (Wildman–Crippen MR) is 105 cm³/mol. The third-order valence-corrected chi connectivity index (χ3v) is 6.30. The zero-order chi connectivity index (χ0) is 18.0. The number of benzene rings is 1. The van der Waals surface area contributed by atoms with Gasteiger partial charge in [-0.25, -0.2) is 9.97 Å². The molecule has 1 aromatic carbocycles. The summed E-state index contributed by atoms with van der Waals surface area (Å²) in [5, 5.41) is 12.7. The average molecular weight is 373 g/mol. The summed E-state index contributed by atoms with van der Waals surface area (Å²) in [6, 6.07) is 8.49. The van der Waals surface area contributed by atoms with Gasteiger partial charge in [0.15, 0.2) is 0 Å². The van der Waals surface area contributed by atoms with Crippen molar-refractivity contribution in [3.05, 3.63) is 41.0 Å². The van der Waals surface area contributed by atoms with E-state index in [9.17, 15) is 9.90 Å². The van der Waals surface area contributed by atoms with Crippen molar-refractivity contribution in [1.29, 1.82) is 0 Å². The molecule has 0 aliphatic heterocycles. The molecule has 0 fully saturated rings. The van der Waals surface area contributed by atoms with Crippen LogP contribution in [0.3, 0.4) is 0 Å². The summed E-state index contributed by atoms with van der Waals surface area (Å²) in [5.74, 6) is -0.133. The number of thiophene rings is 1. The smallest absolute Gasteiger partial charge is 0.317 e. The lowest BCUT2D eigenvalue weighted by Gasteiger charge is -2.11. The maximum absolute atomic E-state index is 11.5. The molecule has 1 unspecified atom stereocenters. The highest BCUT2D eigenvalue weighted by Crippen LogP contribution is 2.40. The van der Waals surface area contributed by atoms with Crippen LogP contribution < -0.4 is 0 Å². The van der Waals surface area contributed by atoms with Crippen molar-refractivity contribution in [2.75, 3.05) is 0 Å². The van der Waals surface area contributed by atoms with Gasteiger partial charge >= 0.3 is 5.97 Å². The van der Waals surface area contributed by atoms with Crippen molar-refractivity contribution in [3.63, 3.8) is 0 Å². The minimum Gasteiger partial charge on any atom is -0.480 e. The molecule has 3 rings (SSSR count). The van der Waals surface area contributed by atoms with Gasteiger partial charge in [0.05, 0.1) is 5.39 Å². The topological polar surface area (TPSA) is 63.1 Å². The molecule has 0 aliphatic carbocycles. The fraction of sp³-hybridized carbons (Fsp3) is 0.316. The van der Waals surface area contributed by atoms with Crippen LogP contribution in [0.15, 0.2) is 34.7 Å². The van der Waals surface area contributed by atoms with Crippen LogP contribution in [-0.4, -0.2) is 26.3 Å². The van der Waals surface area contributed by atoms with Crippen LogP contribution in [0.25, 0.3) is 21.3 Å². The third kappa shape index (κ3) is 3.70. The number of fused-ring (bicyclic) bond motifs is 1. The minimum absolute atomic E-state index is 0.507. The molecule has 1 N–H and O–H groups in total. The van der Waals surface area contributed by atoms with Gasteiger partial charge in [0.1, 0.15) is 20.9 Å². The van der Waals surface area contributed by atoms with E-state index < -0.39 is 11.2 Å². The second kappa shape index (κ2) is 7.54. The standard InChI is InChI=1S/C19H20N2O2S2/c1-4-12-6-8-13(9-7-12)14-10-24-17-16(14)18(21-11(3)20-17)25-15(5-2)19(22)23/h6-10,15H,4-5H2,1-3H3,(H,22,23). The number of hydrogen-bond donors (Lipinski definition) is 1. The molecule has 0 aliphatic rings. The van der Waals surface area contributed by atoms with Gasteiger partial charge in [0.25, 0.3) is 0 Å². The Morgan fingerprint density at radius 1 is 1.24 bits per heavy atom. The highest BCUT2D eigenvalue weighted by Gasteiger charge is 2.22. The van der Waals surface area contributed by atoms with Gasteiger partial charge in [0, 0.05) is 10.9 Å². The maximum Gasteiger partial charge on any atom is 0.317 e. The SMILES string of the molecule is CCc1ccc(-c2csc3nc(C)nc(SC(CC)C(=O)O)c23)cc1. The largest absolute Gasteiger partial charge is 0.480 e. The Kier molecular flexibility index (Phi) is 5.39. The molecule has 130 valence electrons. The number of thioether (sulfide) groups is 1. The number of hydrogen-bond acceptors (Lipinski definition) is 5. The molecule has 0 spiro atoms. The summed E-state index contributed by atoms with van der Waals surface area (Å²) >= 11 is 2.90. The molecule has 3 aromatic rings. The molecule has 0 saturated carbocycles. The first-order chi connectivity index (χ1) is 12.0. The summed E-state index contributed by atoms with van der Waals surface area (Å²) in [4.78, 5) is 21.5. The molecule has 0 radical (unpaired) electrons. The van der Waals surface area contributed by atoms with Crippen LogP contribution in [0.2, 0.25) is 0 Å². The van der Waals surface area contributed by atoms with Crippen LogP contribution in [0.5, 0.6) is 0 Å². The summed E-state index contributed by atoms with van der Waals surface area (Å²) in [7, 11) is 0. The van der Waals surface area contributed by atoms with E-state index in [1.807, 2.05) is 13.8 Å². The zero-order valence-electron chi connectivity index (χ0n) is 14.4. The number of aryl methyl sites for hydroxylation is 2. The number of rotatable bonds is 6. The molecule has 0 amide bonds. The lowest BCUT2D eigenvalue weighted by molar-refractivity contribution is -0.136. The first kappa shape index (κ1) is 17.9. The van der Waals surface area contributed by atoms with Crippen molar-refractivity contribution < 1.29 is 9.90 Å². The van der Waals surface area contributed by atoms with Gasteiger partial charge in [-0.05, 0) is 30.9 Å². The van der Waals surface area contributed by atoms with Gasteiger partial charge in [-0.2, -0.15) is 0 Å². The van der Waals surface area contributed by atoms with Gasteiger partial charge in [0.2, 0.25) is 0 Å². The number of aliphatic carboxylic acids is 1. The molecule has 0 bridgehead atoms. The fourth-order valence-electron chi connectivity index (χ4n) is 2.67. The molecule has 25 heavy (non-hydrogen) atoms. The first-order valence-electron chi connectivity index (χ1n) is 8.28. The van der Waals surface area contributed by atoms with Gasteiger partial charge in [-0.3, -0.25) is 4.79 Å². The Morgan fingerprint density at radius 2 is 1.96 bits per heavy atom. The maximum atomic E-state index is 11.5. The average Bonchev–Trinajstić information content (AvgIpc) is 3.03. The van der Waals surface area contributed by atoms with E-state index in [0.717, 1.165) is 32.8 Å². The van der Waals surface area contributed by atoms with Crippen LogP contribution >= 0.6 is 23.1 Å². The Bertz CT molecular complexity index is 904. The van der Waals surface area contributed by atoms with Gasteiger partial charge in [-0.15, -0.1) is 11.3 Å². The van der Waals surface area contributed by atoms with E-state index in [0.29, 0.717) is 12.2 Å². The number of carboxylic acid groups (broad SMARTS) is 1. The third-order valence-electron chi connectivity index (χ3n) is 4.09. The second-order valence-corrected chi connectivity index (χ2v) is 7.86. The molecule has 1 atom stereocenters. The molecule has 6 heteroatoms. The Hall–Kier alpha value is -1.92. The zero-order valence-corrected chi connectivity index (χ0v) is 16.1. The first-order valence-corrected chi connectivity index (χ1v) is 10.0. The Morgan fingerprint density at radius 3 is 2.56 bits per heavy atom. The lowest BCUT2D eigenvalue weighted by atomic mass is 10.0. The summed E-state index contributed by atoms with van der Waals surface area (Å²) in [6.07, 6.45) is 1.56. The fourth-order valence-corrected chi connectivity index (χ4v) is 4.78. The van der Waals surface area contributed by atoms with E-state index >= 15 is 0 Å². The number of aromatic nitrogens is 2. The van der Waals surface area contributed by atoms with E-state index in [4.69, 9.17) is 0 Å². The quantitative estimate of drug-likeness (QED) is 0.477. The van der Waals surface area contributed by atoms with Crippen LogP contribution in [0.4, 0.5) is 0 Å². The van der Waals surface area contributed by atoms with E-state index in [2.05, 4.69) is 46.5 Å². The Balaban J connectivity index is 2.12. The minimum atomic E-state index is -0.805. The van der Waals surface area contributed by atoms with Crippen molar-refractivity contribution in [1.82, 2.24) is 9.97 Å². The highest BCUT2D eigenvalue weighted by molar-refractivity contribution is 8.00. The van der Waals surface area contributed by atoms with E-state index in [1.54, 1.807) is 11.3 Å². The molecular formula is C19H20N2O2S2. The summed E-state index contributed by atoms with van der Waals surface area (Å²) in [5.41, 5.74) is 3.48.